The van der Waals surface area contributed by atoms with Gasteiger partial charge in [0.25, 0.3) is 5.91 Å². The number of nitrogens with two attached hydrogens (primary N) is 1. The normalized spacial score (nSPS) is 13.0. The van der Waals surface area contributed by atoms with Crippen molar-refractivity contribution in [2.45, 2.75) is 26.2 Å². The van der Waals surface area contributed by atoms with Crippen molar-refractivity contribution < 1.29 is 19.1 Å². The fourth-order valence-electron chi connectivity index (χ4n) is 1.99. The van der Waals surface area contributed by atoms with Crippen molar-refractivity contribution in [2.75, 3.05) is 6.61 Å². The molecule has 0 aliphatic heterocycles. The first kappa shape index (κ1) is 16.7. The molecule has 0 heterocycles. The monoisotopic (exact) mass is 292 g/mol. The van der Waals surface area contributed by atoms with Crippen LogP contribution in [-0.4, -0.2) is 24.5 Å². The Labute approximate surface area is 123 Å². The molecule has 1 aromatic carbocycles. The Morgan fingerprint density at radius 1 is 1.24 bits per heavy atom. The summed E-state index contributed by atoms with van der Waals surface area (Å²) in [4.78, 5) is 34.0. The number of carbonyl (C=O) groups excluding carboxylic acids is 3. The smallest absolute Gasteiger partial charge is 0.318 e. The largest absolute Gasteiger partial charge is 0.455 e. The molecule has 0 fully saturated rings. The predicted octanol–water partition coefficient (Wildman–Crippen LogP) is 1.55. The number of esters is 1. The molecule has 0 aliphatic carbocycles. The zero-order valence-corrected chi connectivity index (χ0v) is 12.2. The highest BCUT2D eigenvalue weighted by molar-refractivity contribution is 5.95. The molecule has 0 saturated heterocycles. The molecule has 0 unspecified atom stereocenters. The molecule has 0 spiro atoms. The molecule has 2 atom stereocenters. The van der Waals surface area contributed by atoms with Gasteiger partial charge < -0.3 is 10.5 Å². The molecule has 0 aliphatic rings. The summed E-state index contributed by atoms with van der Waals surface area (Å²) in [6, 6.07) is 8.28. The number of carbonyl (C=O) groups is 3. The molecule has 0 aromatic heterocycles. The molecular weight excluding hydrogens is 272 g/mol. The van der Waals surface area contributed by atoms with Crippen LogP contribution in [0.1, 0.15) is 31.7 Å². The Morgan fingerprint density at radius 2 is 1.86 bits per heavy atom. The third-order valence-electron chi connectivity index (χ3n) is 3.23. The lowest BCUT2D eigenvalue weighted by molar-refractivity contribution is -0.151. The van der Waals surface area contributed by atoms with Gasteiger partial charge in [-0.3, -0.25) is 14.9 Å². The van der Waals surface area contributed by atoms with Crippen molar-refractivity contribution >= 4 is 17.9 Å². The number of amides is 3. The van der Waals surface area contributed by atoms with Gasteiger partial charge in [-0.1, -0.05) is 50.6 Å². The van der Waals surface area contributed by atoms with E-state index in [-0.39, 0.29) is 5.92 Å². The minimum atomic E-state index is -0.974. The average Bonchev–Trinajstić information content (AvgIpc) is 2.45. The summed E-state index contributed by atoms with van der Waals surface area (Å²) >= 11 is 0. The van der Waals surface area contributed by atoms with E-state index in [1.54, 1.807) is 0 Å². The second-order valence-corrected chi connectivity index (χ2v) is 4.79. The second-order valence-electron chi connectivity index (χ2n) is 4.79. The first-order valence-corrected chi connectivity index (χ1v) is 6.76. The van der Waals surface area contributed by atoms with Gasteiger partial charge in [-0.25, -0.2) is 4.79 Å². The SMILES string of the molecule is CC[C@H](C)[C@H](C(=O)OCC(=O)NC(N)=O)c1ccccc1. The van der Waals surface area contributed by atoms with E-state index in [1.165, 1.54) is 0 Å². The lowest BCUT2D eigenvalue weighted by atomic mass is 9.86. The van der Waals surface area contributed by atoms with Gasteiger partial charge >= 0.3 is 12.0 Å². The number of urea groups is 1. The first-order valence-electron chi connectivity index (χ1n) is 6.76. The van der Waals surface area contributed by atoms with Crippen LogP contribution in [-0.2, 0) is 14.3 Å². The van der Waals surface area contributed by atoms with Crippen LogP contribution in [0.5, 0.6) is 0 Å². The van der Waals surface area contributed by atoms with Crippen molar-refractivity contribution in [3.8, 4) is 0 Å². The molecule has 0 bridgehead atoms. The Balaban J connectivity index is 2.74. The molecule has 0 radical (unpaired) electrons. The number of hydrogen-bond donors (Lipinski definition) is 2. The first-order chi connectivity index (χ1) is 9.95. The van der Waals surface area contributed by atoms with E-state index in [4.69, 9.17) is 10.5 Å². The number of ether oxygens (including phenoxy) is 1. The zero-order chi connectivity index (χ0) is 15.8. The fraction of sp³-hybridized carbons (Fsp3) is 0.400. The van der Waals surface area contributed by atoms with Crippen molar-refractivity contribution in [3.05, 3.63) is 35.9 Å². The number of benzene rings is 1. The Bertz CT molecular complexity index is 502. The Kier molecular flexibility index (Phi) is 6.39. The summed E-state index contributed by atoms with van der Waals surface area (Å²) in [5.41, 5.74) is 5.65. The Morgan fingerprint density at radius 3 is 2.38 bits per heavy atom. The fourth-order valence-corrected chi connectivity index (χ4v) is 1.99. The van der Waals surface area contributed by atoms with Crippen molar-refractivity contribution in [2.24, 2.45) is 11.7 Å². The van der Waals surface area contributed by atoms with Crippen LogP contribution in [0.25, 0.3) is 0 Å². The van der Waals surface area contributed by atoms with Crippen LogP contribution in [0.2, 0.25) is 0 Å². The van der Waals surface area contributed by atoms with Crippen molar-refractivity contribution in [1.29, 1.82) is 0 Å². The van der Waals surface area contributed by atoms with Gasteiger partial charge in [-0.2, -0.15) is 0 Å². The second kappa shape index (κ2) is 8.04. The predicted molar refractivity (Wildman–Crippen MR) is 77.3 cm³/mol. The number of primary amides is 1. The average molecular weight is 292 g/mol. The highest BCUT2D eigenvalue weighted by Crippen LogP contribution is 2.28. The lowest BCUT2D eigenvalue weighted by Crippen LogP contribution is -2.38. The maximum Gasteiger partial charge on any atom is 0.318 e. The number of imide groups is 1. The van der Waals surface area contributed by atoms with E-state index in [9.17, 15) is 14.4 Å². The topological polar surface area (TPSA) is 98.5 Å². The van der Waals surface area contributed by atoms with E-state index < -0.39 is 30.4 Å². The van der Waals surface area contributed by atoms with Gasteiger partial charge in [0.05, 0.1) is 5.92 Å². The maximum atomic E-state index is 12.2. The van der Waals surface area contributed by atoms with E-state index in [0.29, 0.717) is 0 Å². The summed E-state index contributed by atoms with van der Waals surface area (Å²) in [7, 11) is 0. The third-order valence-corrected chi connectivity index (χ3v) is 3.23. The van der Waals surface area contributed by atoms with Crippen LogP contribution in [0.15, 0.2) is 30.3 Å². The van der Waals surface area contributed by atoms with Gasteiger partial charge in [0, 0.05) is 0 Å². The molecular formula is C15H20N2O4. The molecule has 1 rings (SSSR count). The quantitative estimate of drug-likeness (QED) is 0.777. The molecule has 3 amide bonds. The number of nitrogens with one attached hydrogen (secondary N) is 1. The molecule has 6 nitrogen and oxygen atoms in total. The van der Waals surface area contributed by atoms with Crippen LogP contribution in [0, 0.1) is 5.92 Å². The zero-order valence-electron chi connectivity index (χ0n) is 12.2. The van der Waals surface area contributed by atoms with Crippen LogP contribution >= 0.6 is 0 Å². The number of hydrogen-bond acceptors (Lipinski definition) is 4. The van der Waals surface area contributed by atoms with E-state index in [1.807, 2.05) is 49.5 Å². The minimum Gasteiger partial charge on any atom is -0.455 e. The standard InChI is InChI=1S/C15H20N2O4/c1-3-10(2)13(11-7-5-4-6-8-11)14(19)21-9-12(18)17-15(16)20/h4-8,10,13H,3,9H2,1-2H3,(H3,16,17,18,20)/t10-,13-/m0/s1. The van der Waals surface area contributed by atoms with Crippen LogP contribution in [0.3, 0.4) is 0 Å². The highest BCUT2D eigenvalue weighted by Gasteiger charge is 2.27. The molecule has 21 heavy (non-hydrogen) atoms. The summed E-state index contributed by atoms with van der Waals surface area (Å²) in [6.45, 7) is 3.40. The molecule has 114 valence electrons. The number of rotatable bonds is 6. The maximum absolute atomic E-state index is 12.2. The van der Waals surface area contributed by atoms with E-state index >= 15 is 0 Å². The van der Waals surface area contributed by atoms with Crippen LogP contribution in [0.4, 0.5) is 4.79 Å². The van der Waals surface area contributed by atoms with Gasteiger partial charge in [-0.05, 0) is 11.5 Å². The highest BCUT2D eigenvalue weighted by atomic mass is 16.5. The van der Waals surface area contributed by atoms with E-state index in [2.05, 4.69) is 0 Å². The van der Waals surface area contributed by atoms with Gasteiger partial charge in [0.1, 0.15) is 0 Å². The van der Waals surface area contributed by atoms with Crippen molar-refractivity contribution in [1.82, 2.24) is 5.32 Å². The van der Waals surface area contributed by atoms with Gasteiger partial charge in [-0.15, -0.1) is 0 Å². The van der Waals surface area contributed by atoms with Gasteiger partial charge in [0.2, 0.25) is 0 Å². The molecule has 3 N–H and O–H groups in total. The Hall–Kier alpha value is -2.37. The summed E-state index contributed by atoms with van der Waals surface area (Å²) in [6.07, 6.45) is 0.794. The summed E-state index contributed by atoms with van der Waals surface area (Å²) < 4.78 is 4.99. The van der Waals surface area contributed by atoms with Crippen molar-refractivity contribution in [3.63, 3.8) is 0 Å². The summed E-state index contributed by atoms with van der Waals surface area (Å²) in [5, 5.41) is 1.84. The van der Waals surface area contributed by atoms with Crippen LogP contribution < -0.4 is 11.1 Å². The summed E-state index contributed by atoms with van der Waals surface area (Å²) in [5.74, 6) is -1.61. The van der Waals surface area contributed by atoms with E-state index in [0.717, 1.165) is 12.0 Å². The van der Waals surface area contributed by atoms with Gasteiger partial charge in [0.15, 0.2) is 6.61 Å². The lowest BCUT2D eigenvalue weighted by Gasteiger charge is -2.21. The molecule has 6 heteroatoms. The molecule has 0 saturated carbocycles. The third kappa shape index (κ3) is 5.25. The minimum absolute atomic E-state index is 0.0686. The molecule has 1 aromatic rings.